The van der Waals surface area contributed by atoms with E-state index >= 15 is 0 Å². The Morgan fingerprint density at radius 2 is 1.93 bits per heavy atom. The van der Waals surface area contributed by atoms with Crippen LogP contribution in [0.3, 0.4) is 0 Å². The monoisotopic (exact) mass is 419 g/mol. The highest BCUT2D eigenvalue weighted by molar-refractivity contribution is 7.20. The maximum absolute atomic E-state index is 11.7. The Morgan fingerprint density at radius 3 is 2.63 bits per heavy atom. The number of esters is 1. The second-order valence-corrected chi connectivity index (χ2v) is 8.51. The van der Waals surface area contributed by atoms with Crippen LogP contribution in [0.4, 0.5) is 0 Å². The quantitative estimate of drug-likeness (QED) is 0.486. The van der Waals surface area contributed by atoms with Crippen LogP contribution in [0.25, 0.3) is 10.1 Å². The lowest BCUT2D eigenvalue weighted by Gasteiger charge is -2.22. The van der Waals surface area contributed by atoms with E-state index in [1.165, 1.54) is 7.11 Å². The van der Waals surface area contributed by atoms with Crippen LogP contribution in [0.15, 0.2) is 47.6 Å². The Hall–Kier alpha value is -2.08. The van der Waals surface area contributed by atoms with E-state index in [-0.39, 0.29) is 5.97 Å². The van der Waals surface area contributed by atoms with Crippen molar-refractivity contribution < 1.29 is 14.4 Å². The number of thiophene rings is 1. The summed E-state index contributed by atoms with van der Waals surface area (Å²) in [5.41, 5.74) is 1.64. The first-order valence-electron chi connectivity index (χ1n) is 8.22. The lowest BCUT2D eigenvalue weighted by atomic mass is 9.90. The van der Waals surface area contributed by atoms with E-state index in [9.17, 15) is 4.79 Å². The molecule has 3 aromatic rings. The Balaban J connectivity index is 1.64. The van der Waals surface area contributed by atoms with Gasteiger partial charge in [0.2, 0.25) is 0 Å². The van der Waals surface area contributed by atoms with E-state index in [0.717, 1.165) is 26.2 Å². The molecule has 1 unspecified atom stereocenters. The van der Waals surface area contributed by atoms with Gasteiger partial charge in [0.05, 0.1) is 17.6 Å². The molecule has 4 nitrogen and oxygen atoms in total. The number of benzene rings is 2. The van der Waals surface area contributed by atoms with Crippen molar-refractivity contribution in [2.45, 2.75) is 18.9 Å². The number of nitrogens with zero attached hydrogens (tertiary/aromatic N) is 1. The molecule has 0 saturated heterocycles. The third-order valence-corrected chi connectivity index (χ3v) is 6.16. The van der Waals surface area contributed by atoms with Gasteiger partial charge >= 0.3 is 5.97 Å². The van der Waals surface area contributed by atoms with Gasteiger partial charge in [-0.2, -0.15) is 0 Å². The van der Waals surface area contributed by atoms with Gasteiger partial charge in [-0.05, 0) is 54.8 Å². The Morgan fingerprint density at radius 1 is 1.19 bits per heavy atom. The number of hydrogen-bond acceptors (Lipinski definition) is 5. The zero-order chi connectivity index (χ0) is 19.2. The first kappa shape index (κ1) is 18.3. The van der Waals surface area contributed by atoms with Crippen LogP contribution in [-0.4, -0.2) is 18.8 Å². The Kier molecular flexibility index (Phi) is 4.62. The summed E-state index contributed by atoms with van der Waals surface area (Å²) in [7, 11) is 1.37. The van der Waals surface area contributed by atoms with Gasteiger partial charge in [0.1, 0.15) is 5.71 Å². The van der Waals surface area contributed by atoms with Gasteiger partial charge in [-0.25, -0.2) is 4.79 Å². The van der Waals surface area contributed by atoms with E-state index in [1.807, 2.05) is 37.3 Å². The van der Waals surface area contributed by atoms with Crippen molar-refractivity contribution in [1.29, 1.82) is 0 Å². The molecule has 0 radical (unpaired) electrons. The largest absolute Gasteiger partial charge is 0.465 e. The van der Waals surface area contributed by atoms with Crippen molar-refractivity contribution in [2.75, 3.05) is 7.11 Å². The number of hydrogen-bond donors (Lipinski definition) is 0. The smallest absolute Gasteiger partial charge is 0.337 e. The van der Waals surface area contributed by atoms with Crippen LogP contribution in [-0.2, 0) is 15.2 Å². The van der Waals surface area contributed by atoms with Crippen molar-refractivity contribution in [2.24, 2.45) is 5.16 Å². The van der Waals surface area contributed by atoms with Crippen LogP contribution in [0, 0.1) is 0 Å². The second-order valence-electron chi connectivity index (χ2n) is 6.55. The van der Waals surface area contributed by atoms with Gasteiger partial charge < -0.3 is 9.57 Å². The predicted octanol–water partition coefficient (Wildman–Crippen LogP) is 6.03. The fourth-order valence-corrected chi connectivity index (χ4v) is 4.66. The van der Waals surface area contributed by atoms with Gasteiger partial charge in [-0.3, -0.25) is 0 Å². The Labute approximate surface area is 170 Å². The van der Waals surface area contributed by atoms with Crippen molar-refractivity contribution in [3.8, 4) is 0 Å². The molecule has 0 aliphatic carbocycles. The maximum atomic E-state index is 11.7. The van der Waals surface area contributed by atoms with Gasteiger partial charge in [0, 0.05) is 26.7 Å². The number of oxime groups is 1. The predicted molar refractivity (Wildman–Crippen MR) is 109 cm³/mol. The SMILES string of the molecule is COC(=O)c1ccc2sc(C3=NOC(C)(c4cc(Cl)cc(Cl)c4)C3)cc2c1. The van der Waals surface area contributed by atoms with Gasteiger partial charge in [0.25, 0.3) is 0 Å². The molecular weight excluding hydrogens is 405 g/mol. The highest BCUT2D eigenvalue weighted by atomic mass is 35.5. The summed E-state index contributed by atoms with van der Waals surface area (Å²) in [5, 5.41) is 6.41. The van der Waals surface area contributed by atoms with Gasteiger partial charge in [-0.15, -0.1) is 11.3 Å². The number of rotatable bonds is 3. The molecule has 0 spiro atoms. The molecule has 0 N–H and O–H groups in total. The van der Waals surface area contributed by atoms with Crippen LogP contribution in [0.2, 0.25) is 10.0 Å². The molecule has 0 amide bonds. The van der Waals surface area contributed by atoms with Crippen LogP contribution >= 0.6 is 34.5 Å². The molecule has 1 aromatic heterocycles. The summed E-state index contributed by atoms with van der Waals surface area (Å²) < 4.78 is 5.86. The summed E-state index contributed by atoms with van der Waals surface area (Å²) in [6.45, 7) is 1.97. The molecule has 2 aromatic carbocycles. The molecule has 0 bridgehead atoms. The van der Waals surface area contributed by atoms with Crippen LogP contribution < -0.4 is 0 Å². The summed E-state index contributed by atoms with van der Waals surface area (Å²) in [4.78, 5) is 18.5. The highest BCUT2D eigenvalue weighted by Crippen LogP contribution is 2.40. The first-order valence-corrected chi connectivity index (χ1v) is 9.79. The fourth-order valence-electron chi connectivity index (χ4n) is 3.12. The fraction of sp³-hybridized carbons (Fsp3) is 0.200. The third-order valence-electron chi connectivity index (χ3n) is 4.56. The molecular formula is C20H15Cl2NO3S. The molecule has 4 rings (SSSR count). The standard InChI is InChI=1S/C20H15Cl2NO3S/c1-20(13-7-14(21)9-15(22)8-13)10-16(23-26-20)18-6-12-5-11(19(24)25-2)3-4-17(12)27-18/h3-9H,10H2,1-2H3. The van der Waals surface area contributed by atoms with Crippen molar-refractivity contribution in [3.63, 3.8) is 0 Å². The third kappa shape index (κ3) is 3.43. The van der Waals surface area contributed by atoms with E-state index in [1.54, 1.807) is 23.5 Å². The number of methoxy groups -OCH3 is 1. The van der Waals surface area contributed by atoms with Crippen molar-refractivity contribution >= 4 is 56.3 Å². The minimum Gasteiger partial charge on any atom is -0.465 e. The van der Waals surface area contributed by atoms with E-state index in [2.05, 4.69) is 5.16 Å². The molecule has 27 heavy (non-hydrogen) atoms. The van der Waals surface area contributed by atoms with E-state index < -0.39 is 5.60 Å². The lowest BCUT2D eigenvalue weighted by molar-refractivity contribution is -0.00737. The summed E-state index contributed by atoms with van der Waals surface area (Å²) in [6.07, 6.45) is 0.598. The molecule has 138 valence electrons. The van der Waals surface area contributed by atoms with Crippen LogP contribution in [0.1, 0.15) is 34.1 Å². The molecule has 0 saturated carbocycles. The van der Waals surface area contributed by atoms with Gasteiger partial charge in [0.15, 0.2) is 5.60 Å². The Bertz CT molecular complexity index is 1070. The number of halogens is 2. The molecule has 7 heteroatoms. The highest BCUT2D eigenvalue weighted by Gasteiger charge is 2.37. The number of ether oxygens (including phenoxy) is 1. The zero-order valence-corrected chi connectivity index (χ0v) is 16.9. The summed E-state index contributed by atoms with van der Waals surface area (Å²) in [6, 6.07) is 12.9. The molecule has 1 atom stereocenters. The molecule has 1 aliphatic rings. The molecule has 2 heterocycles. The number of carbonyl (C=O) groups is 1. The maximum Gasteiger partial charge on any atom is 0.337 e. The van der Waals surface area contributed by atoms with Gasteiger partial charge in [-0.1, -0.05) is 28.4 Å². The molecule has 1 aliphatic heterocycles. The minimum atomic E-state index is -0.628. The normalized spacial score (nSPS) is 19.0. The van der Waals surface area contributed by atoms with E-state index in [0.29, 0.717) is 22.0 Å². The average Bonchev–Trinajstić information content (AvgIpc) is 3.24. The average molecular weight is 420 g/mol. The zero-order valence-electron chi connectivity index (χ0n) is 14.6. The number of carbonyl (C=O) groups excluding carboxylic acids is 1. The van der Waals surface area contributed by atoms with Crippen molar-refractivity contribution in [1.82, 2.24) is 0 Å². The lowest BCUT2D eigenvalue weighted by Crippen LogP contribution is -2.21. The molecule has 0 fully saturated rings. The minimum absolute atomic E-state index is 0.350. The summed E-state index contributed by atoms with van der Waals surface area (Å²) in [5.74, 6) is -0.350. The second kappa shape index (κ2) is 6.82. The summed E-state index contributed by atoms with van der Waals surface area (Å²) >= 11 is 13.9. The van der Waals surface area contributed by atoms with Crippen LogP contribution in [0.5, 0.6) is 0 Å². The number of fused-ring (bicyclic) bond motifs is 1. The van der Waals surface area contributed by atoms with E-state index in [4.69, 9.17) is 32.8 Å². The van der Waals surface area contributed by atoms with Crippen molar-refractivity contribution in [3.05, 3.63) is 68.5 Å². The first-order chi connectivity index (χ1) is 12.9. The topological polar surface area (TPSA) is 47.9 Å².